The molecule has 6 nitrogen and oxygen atoms in total. The SMILES string of the molecule is CN(Cc1ccc(-c2[nH]c3cc(F)cc4c3c2CCNC4=O)cc1)C(=O)OC(C)(C)C. The average Bonchev–Trinajstić information content (AvgIpc) is 2.95. The third kappa shape index (κ3) is 4.26. The van der Waals surface area contributed by atoms with Gasteiger partial charge in [-0.15, -0.1) is 0 Å². The number of amides is 2. The molecule has 1 aliphatic rings. The number of halogens is 1. The average molecular weight is 423 g/mol. The number of hydrogen-bond acceptors (Lipinski definition) is 3. The zero-order chi connectivity index (χ0) is 22.3. The van der Waals surface area contributed by atoms with Crippen LogP contribution in [0.25, 0.3) is 22.2 Å². The number of ether oxygens (including phenoxy) is 1. The molecule has 162 valence electrons. The van der Waals surface area contributed by atoms with Crippen LogP contribution < -0.4 is 5.32 Å². The molecule has 4 rings (SSSR count). The van der Waals surface area contributed by atoms with Crippen LogP contribution in [0, 0.1) is 5.82 Å². The number of carbonyl (C=O) groups excluding carboxylic acids is 2. The predicted octanol–water partition coefficient (Wildman–Crippen LogP) is 4.63. The van der Waals surface area contributed by atoms with Gasteiger partial charge >= 0.3 is 6.09 Å². The molecule has 0 atom stereocenters. The summed E-state index contributed by atoms with van der Waals surface area (Å²) >= 11 is 0. The third-order valence-electron chi connectivity index (χ3n) is 5.24. The van der Waals surface area contributed by atoms with Crippen molar-refractivity contribution in [3.63, 3.8) is 0 Å². The third-order valence-corrected chi connectivity index (χ3v) is 5.24. The quantitative estimate of drug-likeness (QED) is 0.645. The van der Waals surface area contributed by atoms with Gasteiger partial charge in [0.1, 0.15) is 11.4 Å². The van der Waals surface area contributed by atoms with Crippen LogP contribution in [0.5, 0.6) is 0 Å². The zero-order valence-corrected chi connectivity index (χ0v) is 18.1. The van der Waals surface area contributed by atoms with E-state index < -0.39 is 11.4 Å². The van der Waals surface area contributed by atoms with Crippen LogP contribution in [0.2, 0.25) is 0 Å². The lowest BCUT2D eigenvalue weighted by atomic mass is 9.99. The van der Waals surface area contributed by atoms with E-state index >= 15 is 0 Å². The van der Waals surface area contributed by atoms with E-state index in [4.69, 9.17) is 4.74 Å². The van der Waals surface area contributed by atoms with E-state index in [2.05, 4.69) is 10.3 Å². The number of nitrogens with zero attached hydrogens (tertiary/aromatic N) is 1. The summed E-state index contributed by atoms with van der Waals surface area (Å²) in [5.41, 5.74) is 4.22. The number of carbonyl (C=O) groups is 2. The largest absolute Gasteiger partial charge is 0.444 e. The van der Waals surface area contributed by atoms with Crippen LogP contribution in [-0.4, -0.2) is 41.1 Å². The maximum Gasteiger partial charge on any atom is 0.410 e. The summed E-state index contributed by atoms with van der Waals surface area (Å²) in [5, 5.41) is 3.61. The fourth-order valence-corrected chi connectivity index (χ4v) is 3.89. The lowest BCUT2D eigenvalue weighted by molar-refractivity contribution is 0.0285. The van der Waals surface area contributed by atoms with E-state index in [1.54, 1.807) is 7.05 Å². The summed E-state index contributed by atoms with van der Waals surface area (Å²) in [6, 6.07) is 10.6. The molecule has 0 saturated heterocycles. The van der Waals surface area contributed by atoms with Gasteiger partial charge in [-0.2, -0.15) is 0 Å². The van der Waals surface area contributed by atoms with E-state index in [1.165, 1.54) is 17.0 Å². The fourth-order valence-electron chi connectivity index (χ4n) is 3.89. The van der Waals surface area contributed by atoms with Crippen LogP contribution in [0.1, 0.15) is 42.3 Å². The number of aromatic amines is 1. The molecular weight excluding hydrogens is 397 g/mol. The van der Waals surface area contributed by atoms with Crippen LogP contribution in [-0.2, 0) is 17.7 Å². The highest BCUT2D eigenvalue weighted by Crippen LogP contribution is 2.34. The molecule has 0 aliphatic carbocycles. The summed E-state index contributed by atoms with van der Waals surface area (Å²) in [4.78, 5) is 29.4. The van der Waals surface area contributed by atoms with Gasteiger partial charge in [-0.05, 0) is 56.0 Å². The number of rotatable bonds is 3. The molecule has 2 N–H and O–H groups in total. The van der Waals surface area contributed by atoms with Crippen molar-refractivity contribution in [3.8, 4) is 11.3 Å². The normalized spacial score (nSPS) is 13.6. The van der Waals surface area contributed by atoms with Crippen LogP contribution in [0.3, 0.4) is 0 Å². The number of hydrogen-bond donors (Lipinski definition) is 2. The Hall–Kier alpha value is -3.35. The summed E-state index contributed by atoms with van der Waals surface area (Å²) in [6.45, 7) is 6.42. The van der Waals surface area contributed by atoms with Gasteiger partial charge in [0.25, 0.3) is 5.91 Å². The van der Waals surface area contributed by atoms with E-state index in [0.29, 0.717) is 30.6 Å². The predicted molar refractivity (Wildman–Crippen MR) is 117 cm³/mol. The lowest BCUT2D eigenvalue weighted by Crippen LogP contribution is -2.33. The van der Waals surface area contributed by atoms with Crippen molar-refractivity contribution in [1.82, 2.24) is 15.2 Å². The van der Waals surface area contributed by atoms with Crippen molar-refractivity contribution in [3.05, 3.63) is 58.9 Å². The van der Waals surface area contributed by atoms with Gasteiger partial charge in [0, 0.05) is 36.7 Å². The minimum absolute atomic E-state index is 0.255. The molecular formula is C24H26FN3O3. The van der Waals surface area contributed by atoms with E-state index in [1.807, 2.05) is 45.0 Å². The van der Waals surface area contributed by atoms with Crippen molar-refractivity contribution >= 4 is 22.9 Å². The van der Waals surface area contributed by atoms with Gasteiger partial charge in [0.2, 0.25) is 0 Å². The summed E-state index contributed by atoms with van der Waals surface area (Å²) in [7, 11) is 1.70. The monoisotopic (exact) mass is 423 g/mol. The molecule has 1 aliphatic heterocycles. The topological polar surface area (TPSA) is 74.4 Å². The molecule has 2 aromatic carbocycles. The first-order valence-corrected chi connectivity index (χ1v) is 10.3. The highest BCUT2D eigenvalue weighted by molar-refractivity contribution is 6.10. The van der Waals surface area contributed by atoms with Gasteiger partial charge in [0.05, 0.1) is 5.56 Å². The van der Waals surface area contributed by atoms with Gasteiger partial charge in [-0.3, -0.25) is 4.79 Å². The minimum Gasteiger partial charge on any atom is -0.444 e. The maximum atomic E-state index is 14.1. The second kappa shape index (κ2) is 7.72. The molecule has 1 aromatic heterocycles. The van der Waals surface area contributed by atoms with Gasteiger partial charge in [-0.25, -0.2) is 9.18 Å². The Morgan fingerprint density at radius 1 is 1.19 bits per heavy atom. The van der Waals surface area contributed by atoms with E-state index in [-0.39, 0.29) is 12.0 Å². The molecule has 2 heterocycles. The van der Waals surface area contributed by atoms with Gasteiger partial charge in [-0.1, -0.05) is 24.3 Å². The molecule has 0 saturated carbocycles. The number of benzene rings is 2. The van der Waals surface area contributed by atoms with Crippen molar-refractivity contribution in [2.24, 2.45) is 0 Å². The van der Waals surface area contributed by atoms with Crippen molar-refractivity contribution in [1.29, 1.82) is 0 Å². The van der Waals surface area contributed by atoms with Crippen molar-refractivity contribution < 1.29 is 18.7 Å². The molecule has 0 unspecified atom stereocenters. The van der Waals surface area contributed by atoms with Crippen molar-refractivity contribution in [2.45, 2.75) is 39.3 Å². The van der Waals surface area contributed by atoms with Gasteiger partial charge < -0.3 is 19.9 Å². The first-order valence-electron chi connectivity index (χ1n) is 10.3. The second-order valence-electron chi connectivity index (χ2n) is 8.89. The Morgan fingerprint density at radius 3 is 2.58 bits per heavy atom. The molecule has 31 heavy (non-hydrogen) atoms. The van der Waals surface area contributed by atoms with Gasteiger partial charge in [0.15, 0.2) is 0 Å². The van der Waals surface area contributed by atoms with Crippen LogP contribution in [0.4, 0.5) is 9.18 Å². The maximum absolute atomic E-state index is 14.1. The molecule has 3 aromatic rings. The highest BCUT2D eigenvalue weighted by atomic mass is 19.1. The first-order chi connectivity index (χ1) is 14.6. The van der Waals surface area contributed by atoms with Crippen LogP contribution >= 0.6 is 0 Å². The minimum atomic E-state index is -0.542. The molecule has 0 radical (unpaired) electrons. The Labute approximate surface area is 180 Å². The standard InChI is InChI=1S/C24H26FN3O3/c1-24(2,3)31-23(30)28(4)13-14-5-7-15(8-6-14)21-17-9-10-26-22(29)18-11-16(25)12-19(27-21)20(17)18/h5-8,11-12,27H,9-10,13H2,1-4H3,(H,26,29). The molecule has 0 fully saturated rings. The fraction of sp³-hybridized carbons (Fsp3) is 0.333. The molecule has 0 bridgehead atoms. The summed E-state index contributed by atoms with van der Waals surface area (Å²) < 4.78 is 19.5. The van der Waals surface area contributed by atoms with E-state index in [0.717, 1.165) is 27.8 Å². The number of aromatic nitrogens is 1. The second-order valence-corrected chi connectivity index (χ2v) is 8.89. The Morgan fingerprint density at radius 2 is 1.90 bits per heavy atom. The number of H-pyrrole nitrogens is 1. The van der Waals surface area contributed by atoms with E-state index in [9.17, 15) is 14.0 Å². The van der Waals surface area contributed by atoms with Crippen LogP contribution in [0.15, 0.2) is 36.4 Å². The Bertz CT molecular complexity index is 1160. The zero-order valence-electron chi connectivity index (χ0n) is 18.1. The smallest absolute Gasteiger partial charge is 0.410 e. The summed E-state index contributed by atoms with van der Waals surface area (Å²) in [5.74, 6) is -0.700. The lowest BCUT2D eigenvalue weighted by Gasteiger charge is -2.24. The first kappa shape index (κ1) is 20.9. The Kier molecular flexibility index (Phi) is 5.21. The molecule has 7 heteroatoms. The molecule has 2 amide bonds. The summed E-state index contributed by atoms with van der Waals surface area (Å²) in [6.07, 6.45) is 0.280. The molecule has 0 spiro atoms. The number of nitrogens with one attached hydrogen (secondary N) is 2. The highest BCUT2D eigenvalue weighted by Gasteiger charge is 2.24. The van der Waals surface area contributed by atoms with Crippen molar-refractivity contribution in [2.75, 3.05) is 13.6 Å². The Balaban J connectivity index is 1.63.